The molecule has 2 aliphatic rings. The third-order valence-corrected chi connectivity index (χ3v) is 3.83. The molecule has 19 heavy (non-hydrogen) atoms. The van der Waals surface area contributed by atoms with Crippen molar-refractivity contribution in [2.75, 3.05) is 6.61 Å². The molecule has 104 valence electrons. The minimum absolute atomic E-state index is 0.151. The summed E-state index contributed by atoms with van der Waals surface area (Å²) in [4.78, 5) is 0. The molecule has 1 aliphatic heterocycles. The Labute approximate surface area is 114 Å². The smallest absolute Gasteiger partial charge is 0.119 e. The van der Waals surface area contributed by atoms with Gasteiger partial charge in [0, 0.05) is 12.6 Å². The zero-order chi connectivity index (χ0) is 13.1. The molecular formula is C15H22N2O2. The van der Waals surface area contributed by atoms with E-state index in [0.29, 0.717) is 12.2 Å². The highest BCUT2D eigenvalue weighted by molar-refractivity contribution is 5.29. The first kappa shape index (κ1) is 12.9. The molecule has 3 N–H and O–H groups in total. The van der Waals surface area contributed by atoms with Gasteiger partial charge in [0.2, 0.25) is 0 Å². The van der Waals surface area contributed by atoms with E-state index in [-0.39, 0.29) is 6.04 Å². The van der Waals surface area contributed by atoms with Crippen molar-refractivity contribution in [3.8, 4) is 5.75 Å². The van der Waals surface area contributed by atoms with Gasteiger partial charge in [-0.3, -0.25) is 11.3 Å². The summed E-state index contributed by atoms with van der Waals surface area (Å²) in [5.41, 5.74) is 4.09. The minimum atomic E-state index is 0.151. The molecule has 0 amide bonds. The van der Waals surface area contributed by atoms with E-state index in [9.17, 15) is 0 Å². The minimum Gasteiger partial charge on any atom is -0.490 e. The highest BCUT2D eigenvalue weighted by atomic mass is 16.5. The summed E-state index contributed by atoms with van der Waals surface area (Å²) in [7, 11) is 0. The second-order valence-corrected chi connectivity index (χ2v) is 5.48. The standard InChI is InChI=1S/C15H22N2O2/c16-17-15(10-14-2-1-9-18-14)11-3-5-12(6-4-11)19-13-7-8-13/h3-6,13-15,17H,1-2,7-10,16H2. The molecule has 1 aromatic rings. The maximum absolute atomic E-state index is 5.75. The Morgan fingerprint density at radius 3 is 2.63 bits per heavy atom. The molecule has 0 radical (unpaired) electrons. The van der Waals surface area contributed by atoms with Gasteiger partial charge in [-0.05, 0) is 49.8 Å². The lowest BCUT2D eigenvalue weighted by atomic mass is 10.00. The van der Waals surface area contributed by atoms with Crippen LogP contribution in [-0.4, -0.2) is 18.8 Å². The lowest BCUT2D eigenvalue weighted by Crippen LogP contribution is -2.30. The normalized spacial score (nSPS) is 24.4. The number of hydrazine groups is 1. The topological polar surface area (TPSA) is 56.5 Å². The van der Waals surface area contributed by atoms with Gasteiger partial charge < -0.3 is 9.47 Å². The first-order chi connectivity index (χ1) is 9.35. The van der Waals surface area contributed by atoms with Crippen LogP contribution in [0.3, 0.4) is 0 Å². The number of nitrogens with two attached hydrogens (primary N) is 1. The highest BCUT2D eigenvalue weighted by Crippen LogP contribution is 2.29. The zero-order valence-corrected chi connectivity index (χ0v) is 11.2. The van der Waals surface area contributed by atoms with Crippen molar-refractivity contribution in [3.05, 3.63) is 29.8 Å². The summed E-state index contributed by atoms with van der Waals surface area (Å²) < 4.78 is 11.4. The molecule has 3 rings (SSSR count). The summed E-state index contributed by atoms with van der Waals surface area (Å²) in [5.74, 6) is 6.63. The molecule has 0 spiro atoms. The molecule has 1 aromatic carbocycles. The van der Waals surface area contributed by atoms with Gasteiger partial charge in [-0.2, -0.15) is 0 Å². The van der Waals surface area contributed by atoms with Crippen molar-refractivity contribution in [1.29, 1.82) is 0 Å². The Kier molecular flexibility index (Phi) is 4.01. The molecule has 1 saturated carbocycles. The van der Waals surface area contributed by atoms with Crippen LogP contribution in [0.4, 0.5) is 0 Å². The fraction of sp³-hybridized carbons (Fsp3) is 0.600. The number of hydrogen-bond donors (Lipinski definition) is 2. The average Bonchev–Trinajstić information content (AvgIpc) is 3.10. The fourth-order valence-electron chi connectivity index (χ4n) is 2.55. The number of rotatable bonds is 6. The SMILES string of the molecule is NNC(CC1CCCO1)c1ccc(OC2CC2)cc1. The monoisotopic (exact) mass is 262 g/mol. The predicted molar refractivity (Wildman–Crippen MR) is 73.7 cm³/mol. The number of ether oxygens (including phenoxy) is 2. The Balaban J connectivity index is 1.60. The third-order valence-electron chi connectivity index (χ3n) is 3.83. The molecule has 1 heterocycles. The predicted octanol–water partition coefficient (Wildman–Crippen LogP) is 2.30. The number of benzene rings is 1. The van der Waals surface area contributed by atoms with Crippen molar-refractivity contribution in [2.45, 2.75) is 50.4 Å². The van der Waals surface area contributed by atoms with Crippen LogP contribution in [0.15, 0.2) is 24.3 Å². The van der Waals surface area contributed by atoms with E-state index in [1.165, 1.54) is 18.4 Å². The molecule has 2 atom stereocenters. The molecule has 2 unspecified atom stereocenters. The highest BCUT2D eigenvalue weighted by Gasteiger charge is 2.24. The molecular weight excluding hydrogens is 240 g/mol. The average molecular weight is 262 g/mol. The van der Waals surface area contributed by atoms with E-state index in [1.54, 1.807) is 0 Å². The molecule has 2 fully saturated rings. The van der Waals surface area contributed by atoms with Crippen LogP contribution in [0.1, 0.15) is 43.7 Å². The van der Waals surface area contributed by atoms with Gasteiger partial charge in [0.05, 0.1) is 12.2 Å². The van der Waals surface area contributed by atoms with Crippen LogP contribution >= 0.6 is 0 Å². The van der Waals surface area contributed by atoms with Crippen molar-refractivity contribution >= 4 is 0 Å². The van der Waals surface area contributed by atoms with Crippen molar-refractivity contribution in [1.82, 2.24) is 5.43 Å². The molecule has 0 bridgehead atoms. The lowest BCUT2D eigenvalue weighted by Gasteiger charge is -2.20. The van der Waals surface area contributed by atoms with Crippen LogP contribution in [-0.2, 0) is 4.74 Å². The van der Waals surface area contributed by atoms with Gasteiger partial charge >= 0.3 is 0 Å². The molecule has 0 aromatic heterocycles. The van der Waals surface area contributed by atoms with Crippen LogP contribution in [0.2, 0.25) is 0 Å². The van der Waals surface area contributed by atoms with Crippen molar-refractivity contribution in [2.24, 2.45) is 5.84 Å². The van der Waals surface area contributed by atoms with E-state index >= 15 is 0 Å². The number of nitrogens with one attached hydrogen (secondary N) is 1. The van der Waals surface area contributed by atoms with E-state index in [1.807, 2.05) is 12.1 Å². The van der Waals surface area contributed by atoms with E-state index in [4.69, 9.17) is 15.3 Å². The zero-order valence-electron chi connectivity index (χ0n) is 11.2. The number of hydrogen-bond acceptors (Lipinski definition) is 4. The molecule has 4 heteroatoms. The summed E-state index contributed by atoms with van der Waals surface area (Å²) in [6.07, 6.45) is 6.39. The Morgan fingerprint density at radius 1 is 1.26 bits per heavy atom. The largest absolute Gasteiger partial charge is 0.490 e. The van der Waals surface area contributed by atoms with Crippen molar-refractivity contribution < 1.29 is 9.47 Å². The van der Waals surface area contributed by atoms with Gasteiger partial charge in [-0.25, -0.2) is 0 Å². The molecule has 1 saturated heterocycles. The quantitative estimate of drug-likeness (QED) is 0.610. The van der Waals surface area contributed by atoms with Gasteiger partial charge in [0.25, 0.3) is 0 Å². The van der Waals surface area contributed by atoms with Crippen LogP contribution in [0, 0.1) is 0 Å². The van der Waals surface area contributed by atoms with Crippen LogP contribution in [0.25, 0.3) is 0 Å². The summed E-state index contributed by atoms with van der Waals surface area (Å²) in [5, 5.41) is 0. The van der Waals surface area contributed by atoms with Gasteiger partial charge in [0.15, 0.2) is 0 Å². The van der Waals surface area contributed by atoms with Gasteiger partial charge in [-0.15, -0.1) is 0 Å². The third kappa shape index (κ3) is 3.47. The van der Waals surface area contributed by atoms with Crippen molar-refractivity contribution in [3.63, 3.8) is 0 Å². The van der Waals surface area contributed by atoms with E-state index in [2.05, 4.69) is 17.6 Å². The first-order valence-electron chi connectivity index (χ1n) is 7.19. The molecule has 1 aliphatic carbocycles. The maximum Gasteiger partial charge on any atom is 0.119 e. The summed E-state index contributed by atoms with van der Waals surface area (Å²) in [6.45, 7) is 0.885. The van der Waals surface area contributed by atoms with Gasteiger partial charge in [0.1, 0.15) is 5.75 Å². The molecule has 4 nitrogen and oxygen atoms in total. The van der Waals surface area contributed by atoms with E-state index < -0.39 is 0 Å². The fourth-order valence-corrected chi connectivity index (χ4v) is 2.55. The Bertz CT molecular complexity index is 397. The van der Waals surface area contributed by atoms with Crippen LogP contribution < -0.4 is 16.0 Å². The second kappa shape index (κ2) is 5.90. The maximum atomic E-state index is 5.75. The first-order valence-corrected chi connectivity index (χ1v) is 7.19. The lowest BCUT2D eigenvalue weighted by molar-refractivity contribution is 0.0946. The Hall–Kier alpha value is -1.10. The van der Waals surface area contributed by atoms with E-state index in [0.717, 1.165) is 31.6 Å². The van der Waals surface area contributed by atoms with Gasteiger partial charge in [-0.1, -0.05) is 12.1 Å². The summed E-state index contributed by atoms with van der Waals surface area (Å²) >= 11 is 0. The second-order valence-electron chi connectivity index (χ2n) is 5.48. The Morgan fingerprint density at radius 2 is 2.05 bits per heavy atom. The summed E-state index contributed by atoms with van der Waals surface area (Å²) in [6, 6.07) is 8.41. The van der Waals surface area contributed by atoms with Crippen LogP contribution in [0.5, 0.6) is 5.75 Å².